The van der Waals surface area contributed by atoms with Gasteiger partial charge in [0.05, 0.1) is 0 Å². The highest BCUT2D eigenvalue weighted by atomic mass is 32.1. The molecule has 1 aromatic heterocycles. The number of hydrogen-bond donors (Lipinski definition) is 1. The van der Waals surface area contributed by atoms with Crippen molar-refractivity contribution >= 4 is 16.7 Å². The van der Waals surface area contributed by atoms with Gasteiger partial charge in [-0.1, -0.05) is 38.1 Å². The second kappa shape index (κ2) is 6.12. The average Bonchev–Trinajstić information content (AvgIpc) is 2.89. The van der Waals surface area contributed by atoms with E-state index in [1.54, 1.807) is 0 Å². The number of anilines is 1. The van der Waals surface area contributed by atoms with Crippen molar-refractivity contribution < 1.29 is 0 Å². The van der Waals surface area contributed by atoms with Crippen LogP contribution in [0.1, 0.15) is 36.7 Å². The Hall–Kier alpha value is -1.46. The maximum Gasteiger partial charge on any atom is 0.205 e. The highest BCUT2D eigenvalue weighted by Gasteiger charge is 2.12. The highest BCUT2D eigenvalue weighted by molar-refractivity contribution is 7.09. The Bertz CT molecular complexity index is 536. The Kier molecular flexibility index (Phi) is 4.50. The third-order valence-corrected chi connectivity index (χ3v) is 3.86. The van der Waals surface area contributed by atoms with Gasteiger partial charge in [-0.25, -0.2) is 4.98 Å². The van der Waals surface area contributed by atoms with Gasteiger partial charge in [-0.3, -0.25) is 0 Å². The lowest BCUT2D eigenvalue weighted by Gasteiger charge is -2.17. The number of nitrogens with two attached hydrogens (primary N) is 1. The smallest absolute Gasteiger partial charge is 0.205 e. The third kappa shape index (κ3) is 3.30. The minimum absolute atomic E-state index is 0.370. The molecule has 2 aromatic rings. The summed E-state index contributed by atoms with van der Waals surface area (Å²) in [7, 11) is 2.04. The largest absolute Gasteiger partial charge is 0.346 e. The van der Waals surface area contributed by atoms with E-state index in [2.05, 4.69) is 40.2 Å². The molecule has 0 aliphatic rings. The summed E-state index contributed by atoms with van der Waals surface area (Å²) in [6.45, 7) is 5.59. The van der Waals surface area contributed by atoms with Crippen LogP contribution in [0.25, 0.3) is 0 Å². The summed E-state index contributed by atoms with van der Waals surface area (Å²) in [5.41, 5.74) is 8.19. The molecule has 5 heteroatoms. The van der Waals surface area contributed by atoms with Gasteiger partial charge in [0.15, 0.2) is 0 Å². The maximum atomic E-state index is 5.76. The summed E-state index contributed by atoms with van der Waals surface area (Å²) in [4.78, 5) is 6.69. The molecule has 0 aliphatic heterocycles. The van der Waals surface area contributed by atoms with Crippen LogP contribution in [-0.2, 0) is 13.1 Å². The van der Waals surface area contributed by atoms with Gasteiger partial charge in [-0.05, 0) is 11.1 Å². The molecular weight excluding hydrogens is 256 g/mol. The fraction of sp³-hybridized carbons (Fsp3) is 0.429. The first-order valence-electron chi connectivity index (χ1n) is 6.43. The number of benzene rings is 1. The topological polar surface area (TPSA) is 55.0 Å². The van der Waals surface area contributed by atoms with E-state index in [9.17, 15) is 0 Å². The Morgan fingerprint density at radius 1 is 1.26 bits per heavy atom. The second-order valence-corrected chi connectivity index (χ2v) is 5.65. The molecule has 0 unspecified atom stereocenters. The zero-order valence-corrected chi connectivity index (χ0v) is 12.4. The van der Waals surface area contributed by atoms with Crippen molar-refractivity contribution in [3.05, 3.63) is 41.2 Å². The van der Waals surface area contributed by atoms with Gasteiger partial charge in [0.25, 0.3) is 0 Å². The molecule has 0 saturated carbocycles. The van der Waals surface area contributed by atoms with Crippen LogP contribution in [-0.4, -0.2) is 16.4 Å². The molecular formula is C14H20N4S. The Morgan fingerprint density at radius 2 is 1.95 bits per heavy atom. The van der Waals surface area contributed by atoms with E-state index < -0.39 is 0 Å². The number of hydrogen-bond acceptors (Lipinski definition) is 5. The molecule has 0 aliphatic carbocycles. The van der Waals surface area contributed by atoms with Crippen LogP contribution in [0.2, 0.25) is 0 Å². The lowest BCUT2D eigenvalue weighted by atomic mass is 10.1. The Morgan fingerprint density at radius 3 is 2.53 bits per heavy atom. The van der Waals surface area contributed by atoms with Gasteiger partial charge in [-0.15, -0.1) is 0 Å². The highest BCUT2D eigenvalue weighted by Crippen LogP contribution is 2.22. The van der Waals surface area contributed by atoms with E-state index in [0.29, 0.717) is 12.5 Å². The second-order valence-electron chi connectivity index (χ2n) is 4.92. The SMILES string of the molecule is CC(C)c1nsc(N(C)Cc2ccccc2CN)n1. The molecule has 0 saturated heterocycles. The molecule has 2 rings (SSSR count). The minimum Gasteiger partial charge on any atom is -0.346 e. The lowest BCUT2D eigenvalue weighted by molar-refractivity contribution is 0.791. The molecule has 0 amide bonds. The van der Waals surface area contributed by atoms with Gasteiger partial charge in [-0.2, -0.15) is 4.37 Å². The maximum absolute atomic E-state index is 5.76. The Labute approximate surface area is 118 Å². The summed E-state index contributed by atoms with van der Waals surface area (Å²) in [6.07, 6.45) is 0. The summed E-state index contributed by atoms with van der Waals surface area (Å²) >= 11 is 1.45. The summed E-state index contributed by atoms with van der Waals surface area (Å²) in [5.74, 6) is 1.29. The van der Waals surface area contributed by atoms with E-state index >= 15 is 0 Å². The molecule has 0 bridgehead atoms. The van der Waals surface area contributed by atoms with Crippen molar-refractivity contribution in [3.63, 3.8) is 0 Å². The molecule has 4 nitrogen and oxygen atoms in total. The molecule has 0 fully saturated rings. The van der Waals surface area contributed by atoms with E-state index in [0.717, 1.165) is 17.5 Å². The van der Waals surface area contributed by atoms with Crippen molar-refractivity contribution in [3.8, 4) is 0 Å². The van der Waals surface area contributed by atoms with Crippen LogP contribution in [0.5, 0.6) is 0 Å². The van der Waals surface area contributed by atoms with Crippen molar-refractivity contribution in [2.75, 3.05) is 11.9 Å². The number of nitrogens with zero attached hydrogens (tertiary/aromatic N) is 3. The summed E-state index contributed by atoms with van der Waals surface area (Å²) in [5, 5.41) is 0.954. The van der Waals surface area contributed by atoms with Crippen LogP contribution in [0.3, 0.4) is 0 Å². The fourth-order valence-corrected chi connectivity index (χ4v) is 2.62. The molecule has 19 heavy (non-hydrogen) atoms. The van der Waals surface area contributed by atoms with E-state index in [4.69, 9.17) is 5.73 Å². The monoisotopic (exact) mass is 276 g/mol. The molecule has 0 radical (unpaired) electrons. The van der Waals surface area contributed by atoms with Crippen LogP contribution >= 0.6 is 11.5 Å². The van der Waals surface area contributed by atoms with Crippen molar-refractivity contribution in [2.24, 2.45) is 5.73 Å². The van der Waals surface area contributed by atoms with Gasteiger partial charge < -0.3 is 10.6 Å². The predicted octanol–water partition coefficient (Wildman–Crippen LogP) is 2.76. The van der Waals surface area contributed by atoms with Crippen molar-refractivity contribution in [2.45, 2.75) is 32.9 Å². The fourth-order valence-electron chi connectivity index (χ4n) is 1.85. The van der Waals surface area contributed by atoms with Crippen molar-refractivity contribution in [1.82, 2.24) is 9.36 Å². The predicted molar refractivity (Wildman–Crippen MR) is 80.4 cm³/mol. The molecule has 102 valence electrons. The lowest BCUT2D eigenvalue weighted by Crippen LogP contribution is -2.18. The van der Waals surface area contributed by atoms with Gasteiger partial charge in [0.2, 0.25) is 5.13 Å². The molecule has 0 atom stereocenters. The van der Waals surface area contributed by atoms with Crippen LogP contribution < -0.4 is 10.6 Å². The van der Waals surface area contributed by atoms with Gasteiger partial charge in [0, 0.05) is 37.6 Å². The van der Waals surface area contributed by atoms with Crippen LogP contribution in [0.4, 0.5) is 5.13 Å². The van der Waals surface area contributed by atoms with Crippen LogP contribution in [0, 0.1) is 0 Å². The van der Waals surface area contributed by atoms with E-state index in [1.165, 1.54) is 22.7 Å². The molecule has 1 heterocycles. The first-order chi connectivity index (χ1) is 9.11. The quantitative estimate of drug-likeness (QED) is 0.912. The average molecular weight is 276 g/mol. The summed E-state index contributed by atoms with van der Waals surface area (Å²) < 4.78 is 4.39. The molecule has 1 aromatic carbocycles. The number of aromatic nitrogens is 2. The Balaban J connectivity index is 2.13. The molecule has 2 N–H and O–H groups in total. The van der Waals surface area contributed by atoms with Crippen molar-refractivity contribution in [1.29, 1.82) is 0 Å². The summed E-state index contributed by atoms with van der Waals surface area (Å²) in [6, 6.07) is 8.25. The molecule has 0 spiro atoms. The third-order valence-electron chi connectivity index (χ3n) is 3.02. The first-order valence-corrected chi connectivity index (χ1v) is 7.20. The van der Waals surface area contributed by atoms with Gasteiger partial charge in [0.1, 0.15) is 5.82 Å². The standard InChI is InChI=1S/C14H20N4S/c1-10(2)13-16-14(19-17-13)18(3)9-12-7-5-4-6-11(12)8-15/h4-7,10H,8-9,15H2,1-3H3. The minimum atomic E-state index is 0.370. The normalized spacial score (nSPS) is 11.0. The first kappa shape index (κ1) is 14.0. The van der Waals surface area contributed by atoms with E-state index in [1.807, 2.05) is 19.2 Å². The zero-order valence-electron chi connectivity index (χ0n) is 11.6. The zero-order chi connectivity index (χ0) is 13.8. The van der Waals surface area contributed by atoms with E-state index in [-0.39, 0.29) is 0 Å². The van der Waals surface area contributed by atoms with Crippen LogP contribution in [0.15, 0.2) is 24.3 Å². The number of rotatable bonds is 5. The van der Waals surface area contributed by atoms with Gasteiger partial charge >= 0.3 is 0 Å².